The van der Waals surface area contributed by atoms with Crippen molar-refractivity contribution in [3.8, 4) is 0 Å². The molecule has 0 aromatic heterocycles. The number of aryl methyl sites for hydroxylation is 3. The van der Waals surface area contributed by atoms with Gasteiger partial charge in [0.15, 0.2) is 0 Å². The highest BCUT2D eigenvalue weighted by Crippen LogP contribution is 2.22. The molecule has 112 valence electrons. The van der Waals surface area contributed by atoms with Gasteiger partial charge in [0.1, 0.15) is 0 Å². The molecule has 0 aliphatic heterocycles. The third-order valence-electron chi connectivity index (χ3n) is 4.10. The van der Waals surface area contributed by atoms with Crippen molar-refractivity contribution in [3.05, 3.63) is 68.7 Å². The molecule has 0 heterocycles. The standard InChI is InChI=1S/C19H24BrN/c1-13-8-14(2)19(15(3)9-13)11-17(12-21)10-16-4-6-18(20)7-5-16/h4-9,17H,10-12,21H2,1-3H3. The summed E-state index contributed by atoms with van der Waals surface area (Å²) in [4.78, 5) is 0. The summed E-state index contributed by atoms with van der Waals surface area (Å²) in [7, 11) is 0. The van der Waals surface area contributed by atoms with E-state index < -0.39 is 0 Å². The molecule has 2 N–H and O–H groups in total. The van der Waals surface area contributed by atoms with Crippen molar-refractivity contribution < 1.29 is 0 Å². The molecule has 0 radical (unpaired) electrons. The fourth-order valence-corrected chi connectivity index (χ4v) is 3.28. The third kappa shape index (κ3) is 4.42. The SMILES string of the molecule is Cc1cc(C)c(CC(CN)Cc2ccc(Br)cc2)c(C)c1. The molecule has 0 fully saturated rings. The summed E-state index contributed by atoms with van der Waals surface area (Å²) >= 11 is 3.48. The van der Waals surface area contributed by atoms with E-state index in [0.717, 1.165) is 23.9 Å². The van der Waals surface area contributed by atoms with Crippen LogP contribution in [0.1, 0.15) is 27.8 Å². The fraction of sp³-hybridized carbons (Fsp3) is 0.368. The van der Waals surface area contributed by atoms with E-state index in [0.29, 0.717) is 5.92 Å². The zero-order valence-electron chi connectivity index (χ0n) is 13.1. The van der Waals surface area contributed by atoms with Crippen molar-refractivity contribution in [2.24, 2.45) is 11.7 Å². The maximum absolute atomic E-state index is 6.02. The molecule has 21 heavy (non-hydrogen) atoms. The van der Waals surface area contributed by atoms with Gasteiger partial charge in [0.25, 0.3) is 0 Å². The summed E-state index contributed by atoms with van der Waals surface area (Å²) in [5, 5.41) is 0. The van der Waals surface area contributed by atoms with Gasteiger partial charge in [0.05, 0.1) is 0 Å². The first kappa shape index (κ1) is 16.3. The van der Waals surface area contributed by atoms with Gasteiger partial charge < -0.3 is 5.73 Å². The van der Waals surface area contributed by atoms with Gasteiger partial charge in [-0.1, -0.05) is 45.8 Å². The zero-order chi connectivity index (χ0) is 15.4. The summed E-state index contributed by atoms with van der Waals surface area (Å²) in [6, 6.07) is 13.1. The lowest BCUT2D eigenvalue weighted by Crippen LogP contribution is -2.20. The van der Waals surface area contributed by atoms with Gasteiger partial charge in [0.2, 0.25) is 0 Å². The summed E-state index contributed by atoms with van der Waals surface area (Å²) in [5.41, 5.74) is 13.0. The van der Waals surface area contributed by atoms with Crippen LogP contribution in [0.15, 0.2) is 40.9 Å². The molecule has 0 amide bonds. The van der Waals surface area contributed by atoms with Crippen molar-refractivity contribution in [3.63, 3.8) is 0 Å². The lowest BCUT2D eigenvalue weighted by Gasteiger charge is -2.19. The minimum Gasteiger partial charge on any atom is -0.330 e. The van der Waals surface area contributed by atoms with E-state index in [1.54, 1.807) is 0 Å². The first-order valence-electron chi connectivity index (χ1n) is 7.51. The van der Waals surface area contributed by atoms with Crippen molar-refractivity contribution in [2.45, 2.75) is 33.6 Å². The third-order valence-corrected chi connectivity index (χ3v) is 4.63. The van der Waals surface area contributed by atoms with Crippen molar-refractivity contribution in [2.75, 3.05) is 6.54 Å². The smallest absolute Gasteiger partial charge is 0.0175 e. The van der Waals surface area contributed by atoms with Crippen LogP contribution in [-0.2, 0) is 12.8 Å². The lowest BCUT2D eigenvalue weighted by molar-refractivity contribution is 0.531. The lowest BCUT2D eigenvalue weighted by atomic mass is 9.88. The minimum atomic E-state index is 0.492. The second kappa shape index (κ2) is 7.24. The van der Waals surface area contributed by atoms with Crippen LogP contribution >= 0.6 is 15.9 Å². The minimum absolute atomic E-state index is 0.492. The van der Waals surface area contributed by atoms with Crippen LogP contribution in [0, 0.1) is 26.7 Å². The number of nitrogens with two attached hydrogens (primary N) is 1. The number of halogens is 1. The Kier molecular flexibility index (Phi) is 5.60. The zero-order valence-corrected chi connectivity index (χ0v) is 14.7. The molecule has 1 atom stereocenters. The van der Waals surface area contributed by atoms with E-state index in [9.17, 15) is 0 Å². The molecule has 0 spiro atoms. The Morgan fingerprint density at radius 1 is 0.952 bits per heavy atom. The number of hydrogen-bond acceptors (Lipinski definition) is 1. The van der Waals surface area contributed by atoms with Crippen molar-refractivity contribution in [1.29, 1.82) is 0 Å². The fourth-order valence-electron chi connectivity index (χ4n) is 3.01. The average molecular weight is 346 g/mol. The first-order valence-corrected chi connectivity index (χ1v) is 8.30. The summed E-state index contributed by atoms with van der Waals surface area (Å²) < 4.78 is 1.13. The van der Waals surface area contributed by atoms with Crippen LogP contribution in [-0.4, -0.2) is 6.54 Å². The van der Waals surface area contributed by atoms with E-state index in [2.05, 4.69) is 73.1 Å². The average Bonchev–Trinajstić information content (AvgIpc) is 2.43. The van der Waals surface area contributed by atoms with Crippen LogP contribution in [0.3, 0.4) is 0 Å². The first-order chi connectivity index (χ1) is 9.99. The predicted octanol–water partition coefficient (Wildman–Crippen LogP) is 4.73. The van der Waals surface area contributed by atoms with E-state index in [1.165, 1.54) is 27.8 Å². The molecule has 2 aromatic carbocycles. The normalized spacial score (nSPS) is 12.4. The van der Waals surface area contributed by atoms with Gasteiger partial charge in [-0.3, -0.25) is 0 Å². The molecule has 1 nitrogen and oxygen atoms in total. The van der Waals surface area contributed by atoms with E-state index in [4.69, 9.17) is 5.73 Å². The Morgan fingerprint density at radius 3 is 2.05 bits per heavy atom. The Bertz CT molecular complexity index is 578. The maximum atomic E-state index is 6.02. The highest BCUT2D eigenvalue weighted by atomic mass is 79.9. The topological polar surface area (TPSA) is 26.0 Å². The van der Waals surface area contributed by atoms with Crippen LogP contribution in [0.25, 0.3) is 0 Å². The largest absolute Gasteiger partial charge is 0.330 e. The summed E-state index contributed by atoms with van der Waals surface area (Å²) in [6.45, 7) is 7.31. The van der Waals surface area contributed by atoms with Crippen LogP contribution in [0.2, 0.25) is 0 Å². The molecule has 0 saturated carbocycles. The quantitative estimate of drug-likeness (QED) is 0.832. The van der Waals surface area contributed by atoms with E-state index >= 15 is 0 Å². The molecule has 0 bridgehead atoms. The summed E-state index contributed by atoms with van der Waals surface area (Å²) in [5.74, 6) is 0.492. The number of hydrogen-bond donors (Lipinski definition) is 1. The number of benzene rings is 2. The molecule has 0 saturated heterocycles. The predicted molar refractivity (Wildman–Crippen MR) is 94.7 cm³/mol. The number of rotatable bonds is 5. The van der Waals surface area contributed by atoms with Gasteiger partial charge >= 0.3 is 0 Å². The molecule has 0 aliphatic rings. The maximum Gasteiger partial charge on any atom is 0.0175 e. The van der Waals surface area contributed by atoms with E-state index in [-0.39, 0.29) is 0 Å². The van der Waals surface area contributed by atoms with Gasteiger partial charge in [-0.2, -0.15) is 0 Å². The molecular formula is C19H24BrN. The van der Waals surface area contributed by atoms with Crippen molar-refractivity contribution in [1.82, 2.24) is 0 Å². The molecule has 2 aromatic rings. The van der Waals surface area contributed by atoms with Gasteiger partial charge in [-0.05, 0) is 80.5 Å². The molecule has 0 aliphatic carbocycles. The Labute approximate surface area is 136 Å². The Balaban J connectivity index is 2.14. The highest BCUT2D eigenvalue weighted by Gasteiger charge is 2.13. The molecule has 2 rings (SSSR count). The summed E-state index contributed by atoms with van der Waals surface area (Å²) in [6.07, 6.45) is 2.10. The second-order valence-corrected chi connectivity index (χ2v) is 6.93. The van der Waals surface area contributed by atoms with E-state index in [1.807, 2.05) is 0 Å². The Hall–Kier alpha value is -1.12. The van der Waals surface area contributed by atoms with Crippen LogP contribution in [0.4, 0.5) is 0 Å². The van der Waals surface area contributed by atoms with Gasteiger partial charge in [-0.15, -0.1) is 0 Å². The molecular weight excluding hydrogens is 322 g/mol. The molecule has 1 unspecified atom stereocenters. The van der Waals surface area contributed by atoms with Crippen LogP contribution in [0.5, 0.6) is 0 Å². The monoisotopic (exact) mass is 345 g/mol. The van der Waals surface area contributed by atoms with Gasteiger partial charge in [0, 0.05) is 4.47 Å². The second-order valence-electron chi connectivity index (χ2n) is 6.01. The Morgan fingerprint density at radius 2 is 1.52 bits per heavy atom. The highest BCUT2D eigenvalue weighted by molar-refractivity contribution is 9.10. The van der Waals surface area contributed by atoms with Gasteiger partial charge in [-0.25, -0.2) is 0 Å². The van der Waals surface area contributed by atoms with Crippen LogP contribution < -0.4 is 5.73 Å². The molecule has 2 heteroatoms. The van der Waals surface area contributed by atoms with Crippen molar-refractivity contribution >= 4 is 15.9 Å².